The van der Waals surface area contributed by atoms with Gasteiger partial charge >= 0.3 is 0 Å². The average molecular weight is 248 g/mol. The van der Waals surface area contributed by atoms with Gasteiger partial charge in [0.05, 0.1) is 13.2 Å². The maximum Gasteiger partial charge on any atom is 0.238 e. The molecule has 4 nitrogen and oxygen atoms in total. The fraction of sp³-hybridized carbons (Fsp3) is 0.500. The third-order valence-corrected chi connectivity index (χ3v) is 3.24. The van der Waals surface area contributed by atoms with Crippen molar-refractivity contribution in [2.24, 2.45) is 0 Å². The molecule has 0 saturated carbocycles. The van der Waals surface area contributed by atoms with Crippen LogP contribution in [0.3, 0.4) is 0 Å². The smallest absolute Gasteiger partial charge is 0.238 e. The summed E-state index contributed by atoms with van der Waals surface area (Å²) in [6, 6.07) is 8.16. The van der Waals surface area contributed by atoms with E-state index >= 15 is 0 Å². The molecule has 1 aromatic carbocycles. The van der Waals surface area contributed by atoms with E-state index in [2.05, 4.69) is 24.4 Å². The molecule has 1 amide bonds. The molecular weight excluding hydrogens is 228 g/mol. The maximum absolute atomic E-state index is 11.9. The zero-order valence-corrected chi connectivity index (χ0v) is 11.0. The summed E-state index contributed by atoms with van der Waals surface area (Å²) in [5.41, 5.74) is 2.37. The zero-order chi connectivity index (χ0) is 13.0. The van der Waals surface area contributed by atoms with Crippen LogP contribution in [0.1, 0.15) is 24.2 Å². The number of benzene rings is 1. The van der Waals surface area contributed by atoms with Gasteiger partial charge in [-0.25, -0.2) is 0 Å². The molecule has 0 radical (unpaired) electrons. The fourth-order valence-electron chi connectivity index (χ4n) is 2.27. The Kier molecular flexibility index (Phi) is 4.33. The van der Waals surface area contributed by atoms with Crippen LogP contribution in [-0.2, 0) is 9.53 Å². The van der Waals surface area contributed by atoms with E-state index in [-0.39, 0.29) is 12.1 Å². The van der Waals surface area contributed by atoms with Gasteiger partial charge in [-0.3, -0.25) is 10.1 Å². The lowest BCUT2D eigenvalue weighted by Gasteiger charge is -2.25. The Labute approximate surface area is 108 Å². The van der Waals surface area contributed by atoms with Gasteiger partial charge in [-0.1, -0.05) is 24.3 Å². The molecule has 18 heavy (non-hydrogen) atoms. The van der Waals surface area contributed by atoms with Crippen molar-refractivity contribution in [3.63, 3.8) is 0 Å². The number of carbonyl (C=O) groups is 1. The van der Waals surface area contributed by atoms with Crippen molar-refractivity contribution in [2.45, 2.75) is 20.0 Å². The second-order valence-corrected chi connectivity index (χ2v) is 4.42. The van der Waals surface area contributed by atoms with Crippen molar-refractivity contribution in [3.8, 4) is 0 Å². The molecule has 1 aliphatic heterocycles. The average Bonchev–Trinajstić information content (AvgIpc) is 2.72. The second kappa shape index (κ2) is 5.98. The first kappa shape index (κ1) is 13.1. The molecule has 1 atom stereocenters. The van der Waals surface area contributed by atoms with Gasteiger partial charge in [0.15, 0.2) is 0 Å². The van der Waals surface area contributed by atoms with Crippen molar-refractivity contribution in [2.75, 3.05) is 26.3 Å². The predicted molar refractivity (Wildman–Crippen MR) is 70.1 cm³/mol. The van der Waals surface area contributed by atoms with E-state index in [0.717, 1.165) is 0 Å². The number of aryl methyl sites for hydroxylation is 1. The van der Waals surface area contributed by atoms with Crippen LogP contribution in [0.25, 0.3) is 0 Å². The number of nitrogens with zero attached hydrogens (tertiary/aromatic N) is 1. The van der Waals surface area contributed by atoms with Gasteiger partial charge < -0.3 is 9.64 Å². The summed E-state index contributed by atoms with van der Waals surface area (Å²) in [7, 11) is 0. The van der Waals surface area contributed by atoms with E-state index in [0.29, 0.717) is 26.3 Å². The summed E-state index contributed by atoms with van der Waals surface area (Å²) in [6.45, 7) is 6.35. The summed E-state index contributed by atoms with van der Waals surface area (Å²) >= 11 is 0. The highest BCUT2D eigenvalue weighted by molar-refractivity contribution is 5.81. The van der Waals surface area contributed by atoms with Crippen LogP contribution in [0, 0.1) is 6.92 Å². The summed E-state index contributed by atoms with van der Waals surface area (Å²) < 4.78 is 5.34. The van der Waals surface area contributed by atoms with E-state index in [1.165, 1.54) is 11.1 Å². The van der Waals surface area contributed by atoms with E-state index in [4.69, 9.17) is 4.74 Å². The van der Waals surface area contributed by atoms with Crippen LogP contribution >= 0.6 is 0 Å². The summed E-state index contributed by atoms with van der Waals surface area (Å²) in [5.74, 6) is 0.142. The quantitative estimate of drug-likeness (QED) is 0.802. The van der Waals surface area contributed by atoms with Gasteiger partial charge in [-0.15, -0.1) is 0 Å². The number of carbonyl (C=O) groups excluding carboxylic acids is 1. The third kappa shape index (κ3) is 2.71. The normalized spacial score (nSPS) is 19.6. The Morgan fingerprint density at radius 1 is 1.44 bits per heavy atom. The highest BCUT2D eigenvalue weighted by Gasteiger charge is 2.31. The first-order valence-electron chi connectivity index (χ1n) is 6.40. The van der Waals surface area contributed by atoms with Gasteiger partial charge in [-0.05, 0) is 25.0 Å². The molecule has 1 N–H and O–H groups in total. The molecule has 98 valence electrons. The monoisotopic (exact) mass is 248 g/mol. The van der Waals surface area contributed by atoms with E-state index in [1.54, 1.807) is 0 Å². The molecule has 0 bridgehead atoms. The predicted octanol–water partition coefficient (Wildman–Crippen LogP) is 1.46. The molecular formula is C14H20N2O2. The molecule has 0 aliphatic carbocycles. The minimum Gasteiger partial charge on any atom is -0.380 e. The number of amides is 1. The number of rotatable bonds is 5. The molecule has 1 unspecified atom stereocenters. The topological polar surface area (TPSA) is 41.6 Å². The van der Waals surface area contributed by atoms with E-state index in [9.17, 15) is 4.79 Å². The number of hydrogen-bond acceptors (Lipinski definition) is 3. The summed E-state index contributed by atoms with van der Waals surface area (Å²) in [6.07, 6.45) is -0.0147. The number of hydrogen-bond donors (Lipinski definition) is 1. The van der Waals surface area contributed by atoms with Crippen LogP contribution in [0.15, 0.2) is 24.3 Å². The lowest BCUT2D eigenvalue weighted by Crippen LogP contribution is -2.33. The molecule has 1 saturated heterocycles. The van der Waals surface area contributed by atoms with Gasteiger partial charge in [0, 0.05) is 13.2 Å². The lowest BCUT2D eigenvalue weighted by molar-refractivity contribution is -0.128. The van der Waals surface area contributed by atoms with Gasteiger partial charge in [0.2, 0.25) is 5.91 Å². The Morgan fingerprint density at radius 2 is 2.22 bits per heavy atom. The van der Waals surface area contributed by atoms with Crippen LogP contribution in [-0.4, -0.2) is 37.1 Å². The molecule has 1 heterocycles. The van der Waals surface area contributed by atoms with E-state index < -0.39 is 0 Å². The van der Waals surface area contributed by atoms with Crippen molar-refractivity contribution < 1.29 is 9.53 Å². The van der Waals surface area contributed by atoms with Crippen molar-refractivity contribution in [1.82, 2.24) is 10.2 Å². The molecule has 1 aromatic rings. The highest BCUT2D eigenvalue weighted by atomic mass is 16.5. The third-order valence-electron chi connectivity index (χ3n) is 3.24. The first-order valence-corrected chi connectivity index (χ1v) is 6.40. The molecule has 1 aliphatic rings. The fourth-order valence-corrected chi connectivity index (χ4v) is 2.27. The lowest BCUT2D eigenvalue weighted by atomic mass is 10.1. The van der Waals surface area contributed by atoms with Crippen molar-refractivity contribution >= 4 is 5.91 Å². The minimum absolute atomic E-state index is 0.0147. The minimum atomic E-state index is -0.0147. The maximum atomic E-state index is 11.9. The highest BCUT2D eigenvalue weighted by Crippen LogP contribution is 2.24. The Balaban J connectivity index is 2.11. The van der Waals surface area contributed by atoms with Gasteiger partial charge in [-0.2, -0.15) is 0 Å². The molecule has 0 aromatic heterocycles. The molecule has 1 fully saturated rings. The summed E-state index contributed by atoms with van der Waals surface area (Å²) in [4.78, 5) is 13.7. The van der Waals surface area contributed by atoms with Crippen molar-refractivity contribution in [3.05, 3.63) is 35.4 Å². The Morgan fingerprint density at radius 3 is 2.94 bits per heavy atom. The second-order valence-electron chi connectivity index (χ2n) is 4.42. The zero-order valence-electron chi connectivity index (χ0n) is 11.0. The van der Waals surface area contributed by atoms with Crippen LogP contribution < -0.4 is 5.32 Å². The van der Waals surface area contributed by atoms with Crippen molar-refractivity contribution in [1.29, 1.82) is 0 Å². The standard InChI is InChI=1S/C14H20N2O2/c1-3-18-9-8-16-13(17)10-15-14(16)12-7-5-4-6-11(12)2/h4-7,14-15H,3,8-10H2,1-2H3. The van der Waals surface area contributed by atoms with Gasteiger partial charge in [0.25, 0.3) is 0 Å². The molecule has 0 spiro atoms. The largest absolute Gasteiger partial charge is 0.380 e. The summed E-state index contributed by atoms with van der Waals surface area (Å²) in [5, 5.41) is 3.26. The van der Waals surface area contributed by atoms with Crippen LogP contribution in [0.4, 0.5) is 0 Å². The molecule has 2 rings (SSSR count). The number of ether oxygens (including phenoxy) is 1. The SMILES string of the molecule is CCOCCN1C(=O)CNC1c1ccccc1C. The van der Waals surface area contributed by atoms with Crippen LogP contribution in [0.2, 0.25) is 0 Å². The number of nitrogens with one attached hydrogen (secondary N) is 1. The van der Waals surface area contributed by atoms with Gasteiger partial charge in [0.1, 0.15) is 6.17 Å². The first-order chi connectivity index (χ1) is 8.74. The Bertz CT molecular complexity index is 420. The Hall–Kier alpha value is -1.39. The van der Waals surface area contributed by atoms with E-state index in [1.807, 2.05) is 24.0 Å². The van der Waals surface area contributed by atoms with Crippen LogP contribution in [0.5, 0.6) is 0 Å². The molecule has 4 heteroatoms.